The van der Waals surface area contributed by atoms with Gasteiger partial charge in [0.05, 0.1) is 12.2 Å². The van der Waals surface area contributed by atoms with Crippen molar-refractivity contribution in [1.82, 2.24) is 0 Å². The van der Waals surface area contributed by atoms with Gasteiger partial charge in [-0.3, -0.25) is 0 Å². The third-order valence-electron chi connectivity index (χ3n) is 4.30. The lowest BCUT2D eigenvalue weighted by Crippen LogP contribution is -1.94. The van der Waals surface area contributed by atoms with Crippen LogP contribution in [0.4, 0.5) is 0 Å². The Bertz CT molecular complexity index is 200. The lowest BCUT2D eigenvalue weighted by atomic mass is 10.0. The first-order chi connectivity index (χ1) is 9.24. The van der Waals surface area contributed by atoms with Crippen molar-refractivity contribution in [3.05, 3.63) is 0 Å². The molecule has 0 aromatic rings. The van der Waals surface area contributed by atoms with Gasteiger partial charge in [-0.15, -0.1) is 0 Å². The first-order valence-electron chi connectivity index (χ1n) is 8.89. The molecule has 1 saturated heterocycles. The second kappa shape index (κ2) is 10.7. The third-order valence-corrected chi connectivity index (χ3v) is 4.30. The molecule has 0 amide bonds. The van der Waals surface area contributed by atoms with Gasteiger partial charge in [-0.2, -0.15) is 0 Å². The second-order valence-corrected chi connectivity index (χ2v) is 6.80. The van der Waals surface area contributed by atoms with Gasteiger partial charge in [-0.25, -0.2) is 0 Å². The fourth-order valence-electron chi connectivity index (χ4n) is 2.89. The van der Waals surface area contributed by atoms with Crippen molar-refractivity contribution in [1.29, 1.82) is 0 Å². The zero-order valence-electron chi connectivity index (χ0n) is 13.6. The first-order valence-corrected chi connectivity index (χ1v) is 8.89. The van der Waals surface area contributed by atoms with Gasteiger partial charge in [0.15, 0.2) is 0 Å². The summed E-state index contributed by atoms with van der Waals surface area (Å²) in [7, 11) is 0. The lowest BCUT2D eigenvalue weighted by Gasteiger charge is -2.03. The van der Waals surface area contributed by atoms with Crippen molar-refractivity contribution in [2.24, 2.45) is 5.92 Å². The van der Waals surface area contributed by atoms with E-state index >= 15 is 0 Å². The van der Waals surface area contributed by atoms with Crippen LogP contribution < -0.4 is 0 Å². The van der Waals surface area contributed by atoms with Crippen molar-refractivity contribution >= 4 is 0 Å². The van der Waals surface area contributed by atoms with Gasteiger partial charge in [0.25, 0.3) is 0 Å². The number of ether oxygens (including phenoxy) is 1. The smallest absolute Gasteiger partial charge is 0.0841 e. The van der Waals surface area contributed by atoms with Gasteiger partial charge in [-0.1, -0.05) is 85.0 Å². The highest BCUT2D eigenvalue weighted by atomic mass is 16.6. The van der Waals surface area contributed by atoms with Crippen molar-refractivity contribution in [3.63, 3.8) is 0 Å². The molecule has 1 aliphatic heterocycles. The maximum atomic E-state index is 5.76. The van der Waals surface area contributed by atoms with E-state index in [0.717, 1.165) is 5.92 Å². The van der Waals surface area contributed by atoms with Crippen molar-refractivity contribution in [2.75, 3.05) is 0 Å². The minimum atomic E-state index is 0.636. The zero-order valence-corrected chi connectivity index (χ0v) is 13.6. The molecule has 2 atom stereocenters. The molecule has 0 saturated carbocycles. The Morgan fingerprint density at radius 1 is 0.737 bits per heavy atom. The van der Waals surface area contributed by atoms with Crippen LogP contribution in [0.5, 0.6) is 0 Å². The Morgan fingerprint density at radius 3 is 1.84 bits per heavy atom. The molecule has 1 rings (SSSR count). The number of unbranched alkanes of at least 4 members (excludes halogenated alkanes) is 7. The average molecular weight is 268 g/mol. The third kappa shape index (κ3) is 9.49. The molecule has 1 aliphatic rings. The molecule has 0 spiro atoms. The number of rotatable bonds is 13. The van der Waals surface area contributed by atoms with Gasteiger partial charge in [0.1, 0.15) is 0 Å². The maximum absolute atomic E-state index is 5.76. The number of hydrogen-bond acceptors (Lipinski definition) is 1. The molecule has 19 heavy (non-hydrogen) atoms. The van der Waals surface area contributed by atoms with E-state index in [1.165, 1.54) is 77.0 Å². The monoisotopic (exact) mass is 268 g/mol. The molecule has 0 aromatic carbocycles. The van der Waals surface area contributed by atoms with Crippen LogP contribution in [0.2, 0.25) is 0 Å². The predicted octanol–water partition coefficient (Wildman–Crippen LogP) is 6.11. The van der Waals surface area contributed by atoms with Crippen LogP contribution in [-0.2, 0) is 4.74 Å². The predicted molar refractivity (Wildman–Crippen MR) is 84.6 cm³/mol. The summed E-state index contributed by atoms with van der Waals surface area (Å²) in [6.07, 6.45) is 17.9. The van der Waals surface area contributed by atoms with Gasteiger partial charge in [-0.05, 0) is 18.8 Å². The SMILES string of the molecule is CCCCCCC1OC1CCCCCCCC(C)C. The molecule has 1 nitrogen and oxygen atoms in total. The molecule has 114 valence electrons. The van der Waals surface area contributed by atoms with E-state index in [9.17, 15) is 0 Å². The van der Waals surface area contributed by atoms with E-state index in [1.54, 1.807) is 0 Å². The van der Waals surface area contributed by atoms with Gasteiger partial charge < -0.3 is 4.74 Å². The highest BCUT2D eigenvalue weighted by Crippen LogP contribution is 2.31. The largest absolute Gasteiger partial charge is 0.370 e. The highest BCUT2D eigenvalue weighted by molar-refractivity contribution is 4.84. The van der Waals surface area contributed by atoms with Crippen LogP contribution in [0.15, 0.2) is 0 Å². The van der Waals surface area contributed by atoms with Crippen LogP contribution in [0.1, 0.15) is 97.8 Å². The summed E-state index contributed by atoms with van der Waals surface area (Å²) in [6, 6.07) is 0. The molecule has 0 aromatic heterocycles. The fraction of sp³-hybridized carbons (Fsp3) is 1.00. The van der Waals surface area contributed by atoms with E-state index in [1.807, 2.05) is 0 Å². The summed E-state index contributed by atoms with van der Waals surface area (Å²) >= 11 is 0. The molecular formula is C18H36O. The Labute approximate surface area is 121 Å². The normalized spacial score (nSPS) is 22.1. The second-order valence-electron chi connectivity index (χ2n) is 6.80. The standard InChI is InChI=1S/C18H36O/c1-4-5-6-11-14-17-18(19-17)15-12-9-7-8-10-13-16(2)3/h16-18H,4-15H2,1-3H3. The molecule has 0 N–H and O–H groups in total. The van der Waals surface area contributed by atoms with E-state index in [4.69, 9.17) is 4.74 Å². The van der Waals surface area contributed by atoms with Crippen molar-refractivity contribution in [3.8, 4) is 0 Å². The minimum absolute atomic E-state index is 0.636. The Morgan fingerprint density at radius 2 is 1.26 bits per heavy atom. The topological polar surface area (TPSA) is 12.5 Å². The first kappa shape index (κ1) is 17.0. The highest BCUT2D eigenvalue weighted by Gasteiger charge is 2.36. The van der Waals surface area contributed by atoms with Crippen LogP contribution in [-0.4, -0.2) is 12.2 Å². The molecule has 0 bridgehead atoms. The molecule has 0 aliphatic carbocycles. The average Bonchev–Trinajstić information content (AvgIpc) is 3.12. The molecule has 1 heteroatoms. The summed E-state index contributed by atoms with van der Waals surface area (Å²) in [5.74, 6) is 0.883. The van der Waals surface area contributed by atoms with E-state index in [2.05, 4.69) is 20.8 Å². The number of epoxide rings is 1. The minimum Gasteiger partial charge on any atom is -0.370 e. The maximum Gasteiger partial charge on any atom is 0.0841 e. The van der Waals surface area contributed by atoms with Crippen molar-refractivity contribution < 1.29 is 4.74 Å². The molecule has 1 fully saturated rings. The zero-order chi connectivity index (χ0) is 13.9. The van der Waals surface area contributed by atoms with Gasteiger partial charge in [0.2, 0.25) is 0 Å². The Hall–Kier alpha value is -0.0400. The quantitative estimate of drug-likeness (QED) is 0.290. The molecule has 2 unspecified atom stereocenters. The Balaban J connectivity index is 1.77. The van der Waals surface area contributed by atoms with Crippen LogP contribution >= 0.6 is 0 Å². The number of hydrogen-bond donors (Lipinski definition) is 0. The fourth-order valence-corrected chi connectivity index (χ4v) is 2.89. The summed E-state index contributed by atoms with van der Waals surface area (Å²) in [5, 5.41) is 0. The molecular weight excluding hydrogens is 232 g/mol. The van der Waals surface area contributed by atoms with Crippen LogP contribution in [0.25, 0.3) is 0 Å². The van der Waals surface area contributed by atoms with Crippen molar-refractivity contribution in [2.45, 2.75) is 110 Å². The summed E-state index contributed by atoms with van der Waals surface area (Å²) < 4.78 is 5.76. The van der Waals surface area contributed by atoms with Crippen LogP contribution in [0.3, 0.4) is 0 Å². The molecule has 1 heterocycles. The van der Waals surface area contributed by atoms with Crippen LogP contribution in [0, 0.1) is 5.92 Å². The lowest BCUT2D eigenvalue weighted by molar-refractivity contribution is 0.347. The van der Waals surface area contributed by atoms with Gasteiger partial charge in [0, 0.05) is 0 Å². The Kier molecular flexibility index (Phi) is 9.59. The van der Waals surface area contributed by atoms with E-state index < -0.39 is 0 Å². The summed E-state index contributed by atoms with van der Waals surface area (Å²) in [4.78, 5) is 0. The summed E-state index contributed by atoms with van der Waals surface area (Å²) in [6.45, 7) is 6.92. The van der Waals surface area contributed by atoms with E-state index in [-0.39, 0.29) is 0 Å². The molecule has 0 radical (unpaired) electrons. The summed E-state index contributed by atoms with van der Waals surface area (Å²) in [5.41, 5.74) is 0. The van der Waals surface area contributed by atoms with Gasteiger partial charge >= 0.3 is 0 Å². The van der Waals surface area contributed by atoms with E-state index in [0.29, 0.717) is 12.2 Å².